The number of carbonyl (C=O) groups is 1. The zero-order valence-corrected chi connectivity index (χ0v) is 13.9. The molecule has 0 saturated carbocycles. The van der Waals surface area contributed by atoms with Crippen molar-refractivity contribution in [3.05, 3.63) is 56.0 Å². The quantitative estimate of drug-likeness (QED) is 0.524. The van der Waals surface area contributed by atoms with E-state index in [9.17, 15) is 14.9 Å². The first kappa shape index (κ1) is 16.1. The second-order valence-electron chi connectivity index (χ2n) is 5.59. The van der Waals surface area contributed by atoms with Crippen LogP contribution >= 0.6 is 11.3 Å². The number of amides is 1. The van der Waals surface area contributed by atoms with Gasteiger partial charge in [0.1, 0.15) is 11.4 Å². The number of nitro groups is 1. The van der Waals surface area contributed by atoms with Gasteiger partial charge in [-0.3, -0.25) is 14.9 Å². The Balaban J connectivity index is 1.83. The fraction of sp³-hybridized carbons (Fsp3) is 0.250. The maximum atomic E-state index is 12.3. The van der Waals surface area contributed by atoms with E-state index in [1.807, 2.05) is 12.1 Å². The van der Waals surface area contributed by atoms with E-state index in [0.29, 0.717) is 30.8 Å². The molecule has 3 rings (SSSR count). The van der Waals surface area contributed by atoms with Crippen molar-refractivity contribution in [2.75, 3.05) is 18.8 Å². The highest BCUT2D eigenvalue weighted by Gasteiger charge is 2.22. The highest BCUT2D eigenvalue weighted by atomic mass is 32.1. The summed E-state index contributed by atoms with van der Waals surface area (Å²) < 4.78 is 0. The van der Waals surface area contributed by atoms with E-state index < -0.39 is 4.92 Å². The lowest BCUT2D eigenvalue weighted by molar-refractivity contribution is -0.383. The molecule has 0 aliphatic carbocycles. The van der Waals surface area contributed by atoms with Gasteiger partial charge in [-0.1, -0.05) is 6.08 Å². The molecule has 1 aromatic heterocycles. The van der Waals surface area contributed by atoms with Crippen LogP contribution in [0.3, 0.4) is 0 Å². The molecule has 1 aliphatic rings. The molecule has 0 spiro atoms. The van der Waals surface area contributed by atoms with Crippen LogP contribution in [0.15, 0.2) is 29.1 Å². The number of hydrogen-bond donors (Lipinski definition) is 1. The number of rotatable bonds is 3. The number of benzene rings is 1. The molecule has 2 aromatic rings. The van der Waals surface area contributed by atoms with Gasteiger partial charge in [-0.05, 0) is 36.1 Å². The van der Waals surface area contributed by atoms with Crippen LogP contribution in [-0.2, 0) is 0 Å². The molecule has 8 heteroatoms. The number of aromatic nitrogens is 1. The largest absolute Gasteiger partial charge is 0.393 e. The standard InChI is InChI=1S/C16H16N4O3S/c1-10-6-12(7-14(15(10)17)20(22)23)11-2-4-19(5-3-11)16(21)13-8-24-9-18-13/h2,6-9H,3-5,17H2,1H3. The molecule has 0 radical (unpaired) electrons. The summed E-state index contributed by atoms with van der Waals surface area (Å²) >= 11 is 1.39. The number of nitrogens with zero attached hydrogens (tertiary/aromatic N) is 3. The number of thiazole rings is 1. The molecule has 0 atom stereocenters. The summed E-state index contributed by atoms with van der Waals surface area (Å²) in [5.74, 6) is -0.0917. The van der Waals surface area contributed by atoms with Crippen LogP contribution in [0.25, 0.3) is 5.57 Å². The van der Waals surface area contributed by atoms with Gasteiger partial charge in [0.25, 0.3) is 11.6 Å². The number of hydrogen-bond acceptors (Lipinski definition) is 6. The third kappa shape index (κ3) is 3.00. The van der Waals surface area contributed by atoms with E-state index in [2.05, 4.69) is 4.98 Å². The van der Waals surface area contributed by atoms with Crippen molar-refractivity contribution in [2.24, 2.45) is 0 Å². The number of carbonyl (C=O) groups excluding carboxylic acids is 1. The maximum Gasteiger partial charge on any atom is 0.292 e. The van der Waals surface area contributed by atoms with Crippen molar-refractivity contribution in [1.82, 2.24) is 9.88 Å². The molecule has 0 fully saturated rings. The Labute approximate surface area is 142 Å². The third-order valence-corrected chi connectivity index (χ3v) is 4.67. The van der Waals surface area contributed by atoms with E-state index in [4.69, 9.17) is 5.73 Å². The predicted octanol–water partition coefficient (Wildman–Crippen LogP) is 2.87. The number of nitrogens with two attached hydrogens (primary N) is 1. The molecule has 124 valence electrons. The Morgan fingerprint density at radius 1 is 1.46 bits per heavy atom. The van der Waals surface area contributed by atoms with Crippen molar-refractivity contribution in [2.45, 2.75) is 13.3 Å². The Hall–Kier alpha value is -2.74. The van der Waals surface area contributed by atoms with Crippen LogP contribution in [0.4, 0.5) is 11.4 Å². The molecule has 2 heterocycles. The van der Waals surface area contributed by atoms with E-state index in [-0.39, 0.29) is 17.3 Å². The summed E-state index contributed by atoms with van der Waals surface area (Å²) in [4.78, 5) is 28.7. The average molecular weight is 344 g/mol. The molecule has 7 nitrogen and oxygen atoms in total. The van der Waals surface area contributed by atoms with E-state index >= 15 is 0 Å². The lowest BCUT2D eigenvalue weighted by Crippen LogP contribution is -2.34. The van der Waals surface area contributed by atoms with Gasteiger partial charge in [0, 0.05) is 24.5 Å². The van der Waals surface area contributed by atoms with Gasteiger partial charge in [0.2, 0.25) is 0 Å². The first-order valence-corrected chi connectivity index (χ1v) is 8.33. The van der Waals surface area contributed by atoms with E-state index in [1.165, 1.54) is 17.4 Å². The van der Waals surface area contributed by atoms with Crippen molar-refractivity contribution in [3.63, 3.8) is 0 Å². The molecule has 0 unspecified atom stereocenters. The SMILES string of the molecule is Cc1cc(C2=CCN(C(=O)c3cscn3)CC2)cc([N+](=O)[O-])c1N. The van der Waals surface area contributed by atoms with Gasteiger partial charge in [-0.2, -0.15) is 0 Å². The van der Waals surface area contributed by atoms with Crippen LogP contribution in [-0.4, -0.2) is 33.8 Å². The summed E-state index contributed by atoms with van der Waals surface area (Å²) in [6, 6.07) is 3.36. The topological polar surface area (TPSA) is 102 Å². The zero-order valence-electron chi connectivity index (χ0n) is 13.1. The summed E-state index contributed by atoms with van der Waals surface area (Å²) in [6.45, 7) is 2.77. The Kier molecular flexibility index (Phi) is 4.30. The lowest BCUT2D eigenvalue weighted by Gasteiger charge is -2.26. The first-order valence-electron chi connectivity index (χ1n) is 7.38. The van der Waals surface area contributed by atoms with E-state index in [0.717, 1.165) is 11.1 Å². The molecule has 24 heavy (non-hydrogen) atoms. The summed E-state index contributed by atoms with van der Waals surface area (Å²) in [6.07, 6.45) is 2.57. The minimum atomic E-state index is -0.465. The van der Waals surface area contributed by atoms with Crippen molar-refractivity contribution >= 4 is 34.2 Å². The molecular formula is C16H16N4O3S. The van der Waals surface area contributed by atoms with Gasteiger partial charge in [-0.15, -0.1) is 11.3 Å². The molecule has 1 amide bonds. The summed E-state index contributed by atoms with van der Waals surface area (Å²) in [5.41, 5.74) is 10.4. The zero-order chi connectivity index (χ0) is 17.3. The normalized spacial score (nSPS) is 14.4. The Morgan fingerprint density at radius 3 is 2.83 bits per heavy atom. The van der Waals surface area contributed by atoms with Crippen LogP contribution in [0.2, 0.25) is 0 Å². The van der Waals surface area contributed by atoms with Crippen molar-refractivity contribution < 1.29 is 9.72 Å². The maximum absolute atomic E-state index is 12.3. The van der Waals surface area contributed by atoms with Crippen LogP contribution in [0.1, 0.15) is 28.0 Å². The highest BCUT2D eigenvalue weighted by molar-refractivity contribution is 7.07. The molecule has 1 aromatic carbocycles. The van der Waals surface area contributed by atoms with Gasteiger partial charge in [0.15, 0.2) is 0 Å². The Bertz CT molecular complexity index is 830. The van der Waals surface area contributed by atoms with Crippen LogP contribution in [0, 0.1) is 17.0 Å². The number of nitro benzene ring substituents is 1. The van der Waals surface area contributed by atoms with Gasteiger partial charge >= 0.3 is 0 Å². The molecule has 2 N–H and O–H groups in total. The minimum absolute atomic E-state index is 0.0770. The van der Waals surface area contributed by atoms with Gasteiger partial charge in [0.05, 0.1) is 10.4 Å². The fourth-order valence-electron chi connectivity index (χ4n) is 2.71. The minimum Gasteiger partial charge on any atom is -0.393 e. The van der Waals surface area contributed by atoms with Crippen LogP contribution < -0.4 is 5.73 Å². The molecule has 0 saturated heterocycles. The summed E-state index contributed by atoms with van der Waals surface area (Å²) in [5, 5.41) is 12.9. The smallest absolute Gasteiger partial charge is 0.292 e. The predicted molar refractivity (Wildman–Crippen MR) is 92.9 cm³/mol. The number of anilines is 1. The lowest BCUT2D eigenvalue weighted by atomic mass is 9.96. The first-order chi connectivity index (χ1) is 11.5. The second kappa shape index (κ2) is 6.40. The van der Waals surface area contributed by atoms with Gasteiger partial charge in [-0.25, -0.2) is 4.98 Å². The van der Waals surface area contributed by atoms with Crippen molar-refractivity contribution in [3.8, 4) is 0 Å². The van der Waals surface area contributed by atoms with E-state index in [1.54, 1.807) is 22.7 Å². The summed E-state index contributed by atoms with van der Waals surface area (Å²) in [7, 11) is 0. The van der Waals surface area contributed by atoms with Gasteiger partial charge < -0.3 is 10.6 Å². The number of nitrogen functional groups attached to an aromatic ring is 1. The number of aryl methyl sites for hydroxylation is 1. The highest BCUT2D eigenvalue weighted by Crippen LogP contribution is 2.32. The second-order valence-corrected chi connectivity index (χ2v) is 6.31. The monoisotopic (exact) mass is 344 g/mol. The molecule has 1 aliphatic heterocycles. The fourth-order valence-corrected chi connectivity index (χ4v) is 3.24. The molecular weight excluding hydrogens is 328 g/mol. The molecule has 0 bridgehead atoms. The van der Waals surface area contributed by atoms with Crippen molar-refractivity contribution in [1.29, 1.82) is 0 Å². The Morgan fingerprint density at radius 2 is 2.25 bits per heavy atom. The third-order valence-electron chi connectivity index (χ3n) is 4.08. The average Bonchev–Trinajstić information content (AvgIpc) is 3.11. The van der Waals surface area contributed by atoms with Crippen LogP contribution in [0.5, 0.6) is 0 Å².